The van der Waals surface area contributed by atoms with Crippen LogP contribution in [0.3, 0.4) is 0 Å². The zero-order valence-electron chi connectivity index (χ0n) is 20.5. The van der Waals surface area contributed by atoms with Gasteiger partial charge in [-0.1, -0.05) is 31.2 Å². The fourth-order valence-corrected chi connectivity index (χ4v) is 4.44. The number of halogens is 2. The topological polar surface area (TPSA) is 86.8 Å². The number of hydrogen-bond acceptors (Lipinski definition) is 4. The molecule has 0 unspecified atom stereocenters. The quantitative estimate of drug-likeness (QED) is 0.471. The lowest BCUT2D eigenvalue weighted by molar-refractivity contribution is -0.140. The molecule has 10 heteroatoms. The summed E-state index contributed by atoms with van der Waals surface area (Å²) in [5.74, 6) is -1.79. The number of carbonyl (C=O) groups excluding carboxylic acids is 2. The van der Waals surface area contributed by atoms with Gasteiger partial charge in [-0.05, 0) is 56.5 Å². The molecule has 0 aliphatic carbocycles. The van der Waals surface area contributed by atoms with Crippen LogP contribution in [0, 0.1) is 11.6 Å². The van der Waals surface area contributed by atoms with Gasteiger partial charge in [0.1, 0.15) is 17.7 Å². The molecule has 0 aliphatic heterocycles. The molecule has 2 amide bonds. The van der Waals surface area contributed by atoms with E-state index in [1.165, 1.54) is 41.3 Å². The predicted molar refractivity (Wildman–Crippen MR) is 132 cm³/mol. The zero-order valence-corrected chi connectivity index (χ0v) is 21.3. The van der Waals surface area contributed by atoms with Gasteiger partial charge in [0.2, 0.25) is 21.8 Å². The van der Waals surface area contributed by atoms with Crippen LogP contribution < -0.4 is 9.62 Å². The van der Waals surface area contributed by atoms with Gasteiger partial charge >= 0.3 is 0 Å². The first-order valence-corrected chi connectivity index (χ1v) is 13.3. The van der Waals surface area contributed by atoms with Crippen molar-refractivity contribution in [2.75, 3.05) is 17.1 Å². The summed E-state index contributed by atoms with van der Waals surface area (Å²) in [4.78, 5) is 27.3. The molecular formula is C25H33F2N3O4S. The Morgan fingerprint density at radius 2 is 1.66 bits per heavy atom. The number of benzene rings is 2. The average molecular weight is 510 g/mol. The molecule has 2 aromatic carbocycles. The first kappa shape index (κ1) is 28.2. The maximum Gasteiger partial charge on any atom is 0.242 e. The van der Waals surface area contributed by atoms with Crippen LogP contribution in [0.2, 0.25) is 0 Å². The molecular weight excluding hydrogens is 476 g/mol. The monoisotopic (exact) mass is 509 g/mol. The molecule has 0 spiro atoms. The summed E-state index contributed by atoms with van der Waals surface area (Å²) in [6.07, 6.45) is 1.74. The third-order valence-electron chi connectivity index (χ3n) is 5.71. The Morgan fingerprint density at radius 1 is 1.03 bits per heavy atom. The van der Waals surface area contributed by atoms with E-state index in [4.69, 9.17) is 0 Å². The van der Waals surface area contributed by atoms with Gasteiger partial charge in [0, 0.05) is 25.6 Å². The normalized spacial score (nSPS) is 13.1. The van der Waals surface area contributed by atoms with Gasteiger partial charge < -0.3 is 10.2 Å². The molecule has 0 bridgehead atoms. The molecule has 2 aromatic rings. The molecule has 0 aromatic heterocycles. The molecule has 2 rings (SSSR count). The van der Waals surface area contributed by atoms with E-state index in [9.17, 15) is 26.8 Å². The minimum absolute atomic E-state index is 0.0668. The lowest BCUT2D eigenvalue weighted by Gasteiger charge is -2.30. The number of carbonyl (C=O) groups is 2. The number of hydrogen-bond donors (Lipinski definition) is 1. The number of nitrogens with one attached hydrogen (secondary N) is 1. The smallest absolute Gasteiger partial charge is 0.242 e. The summed E-state index contributed by atoms with van der Waals surface area (Å²) in [5.41, 5.74) is 0.555. The highest BCUT2D eigenvalue weighted by Crippen LogP contribution is 2.22. The standard InChI is InChI=1S/C25H33F2N3O4S/c1-5-18(2)28-25(32)19(3)29(17-20-12-14-21(26)15-13-20)24(31)11-8-16-30(35(4,33)34)23-10-7-6-9-22(23)27/h6-7,9-10,12-15,18-19H,5,8,11,16-17H2,1-4H3,(H,28,32)/t18-,19-/m0/s1. The fraction of sp³-hybridized carbons (Fsp3) is 0.440. The molecule has 2 atom stereocenters. The highest BCUT2D eigenvalue weighted by molar-refractivity contribution is 7.92. The van der Waals surface area contributed by atoms with Crippen LogP contribution in [0.25, 0.3) is 0 Å². The number of rotatable bonds is 12. The second-order valence-electron chi connectivity index (χ2n) is 8.53. The molecule has 0 saturated carbocycles. The minimum atomic E-state index is -3.79. The SMILES string of the molecule is CC[C@H](C)NC(=O)[C@H](C)N(Cc1ccc(F)cc1)C(=O)CCCN(c1ccccc1F)S(C)(=O)=O. The summed E-state index contributed by atoms with van der Waals surface area (Å²) in [6.45, 7) is 5.38. The van der Waals surface area contributed by atoms with Crippen LogP contribution in [-0.4, -0.2) is 50.0 Å². The molecule has 0 radical (unpaired) electrons. The first-order valence-electron chi connectivity index (χ1n) is 11.5. The van der Waals surface area contributed by atoms with Crippen molar-refractivity contribution in [2.45, 2.75) is 58.7 Å². The number of nitrogens with zero attached hydrogens (tertiary/aromatic N) is 2. The van der Waals surface area contributed by atoms with E-state index in [0.29, 0.717) is 5.56 Å². The van der Waals surface area contributed by atoms with Gasteiger partial charge in [0.05, 0.1) is 11.9 Å². The van der Waals surface area contributed by atoms with Crippen molar-refractivity contribution in [3.8, 4) is 0 Å². The number of amides is 2. The Labute approximate surface area is 206 Å². The Kier molecular flexibility index (Phi) is 10.2. The van der Waals surface area contributed by atoms with Crippen LogP contribution >= 0.6 is 0 Å². The van der Waals surface area contributed by atoms with E-state index in [1.807, 2.05) is 13.8 Å². The van der Waals surface area contributed by atoms with Crippen LogP contribution in [0.5, 0.6) is 0 Å². The predicted octanol–water partition coefficient (Wildman–Crippen LogP) is 3.84. The van der Waals surface area contributed by atoms with Gasteiger partial charge in [0.25, 0.3) is 0 Å². The van der Waals surface area contributed by atoms with Crippen LogP contribution in [0.4, 0.5) is 14.5 Å². The van der Waals surface area contributed by atoms with Gasteiger partial charge in [-0.3, -0.25) is 13.9 Å². The van der Waals surface area contributed by atoms with Crippen molar-refractivity contribution in [1.82, 2.24) is 10.2 Å². The second-order valence-corrected chi connectivity index (χ2v) is 10.4. The van der Waals surface area contributed by atoms with Crippen LogP contribution in [0.15, 0.2) is 48.5 Å². The number of sulfonamides is 1. The molecule has 192 valence electrons. The summed E-state index contributed by atoms with van der Waals surface area (Å²) in [7, 11) is -3.79. The van der Waals surface area contributed by atoms with Gasteiger partial charge in [-0.15, -0.1) is 0 Å². The van der Waals surface area contributed by atoms with E-state index in [1.54, 1.807) is 19.1 Å². The minimum Gasteiger partial charge on any atom is -0.352 e. The maximum absolute atomic E-state index is 14.2. The van der Waals surface area contributed by atoms with Gasteiger partial charge in [-0.25, -0.2) is 17.2 Å². The third kappa shape index (κ3) is 8.31. The lowest BCUT2D eigenvalue weighted by Crippen LogP contribution is -2.49. The fourth-order valence-electron chi connectivity index (χ4n) is 3.47. The van der Waals surface area contributed by atoms with Crippen molar-refractivity contribution in [1.29, 1.82) is 0 Å². The molecule has 0 saturated heterocycles. The largest absolute Gasteiger partial charge is 0.352 e. The zero-order chi connectivity index (χ0) is 26.2. The third-order valence-corrected chi connectivity index (χ3v) is 6.89. The Balaban J connectivity index is 2.17. The molecule has 1 N–H and O–H groups in total. The van der Waals surface area contributed by atoms with Crippen molar-refractivity contribution < 1.29 is 26.8 Å². The van der Waals surface area contributed by atoms with Crippen LogP contribution in [-0.2, 0) is 26.2 Å². The second kappa shape index (κ2) is 12.6. The van der Waals surface area contributed by atoms with Gasteiger partial charge in [0.15, 0.2) is 0 Å². The summed E-state index contributed by atoms with van der Waals surface area (Å²) >= 11 is 0. The lowest BCUT2D eigenvalue weighted by atomic mass is 10.1. The van der Waals surface area contributed by atoms with Gasteiger partial charge in [-0.2, -0.15) is 0 Å². The molecule has 0 heterocycles. The molecule has 0 fully saturated rings. The summed E-state index contributed by atoms with van der Waals surface area (Å²) in [6, 6.07) is 10.3. The van der Waals surface area contributed by atoms with E-state index < -0.39 is 27.7 Å². The first-order chi connectivity index (χ1) is 16.4. The Morgan fingerprint density at radius 3 is 2.23 bits per heavy atom. The number of para-hydroxylation sites is 1. The van der Waals surface area contributed by atoms with Crippen molar-refractivity contribution >= 4 is 27.5 Å². The molecule has 0 aliphatic rings. The van der Waals surface area contributed by atoms with Crippen molar-refractivity contribution in [3.63, 3.8) is 0 Å². The Bertz CT molecular complexity index is 1110. The Hall–Kier alpha value is -3.01. The van der Waals surface area contributed by atoms with Crippen molar-refractivity contribution in [2.24, 2.45) is 0 Å². The van der Waals surface area contributed by atoms with Crippen LogP contribution in [0.1, 0.15) is 45.6 Å². The molecule has 35 heavy (non-hydrogen) atoms. The van der Waals surface area contributed by atoms with E-state index in [-0.39, 0.29) is 49.5 Å². The maximum atomic E-state index is 14.2. The van der Waals surface area contributed by atoms with Crippen molar-refractivity contribution in [3.05, 3.63) is 65.7 Å². The van der Waals surface area contributed by atoms with E-state index in [0.717, 1.165) is 17.0 Å². The van der Waals surface area contributed by atoms with E-state index in [2.05, 4.69) is 5.32 Å². The van der Waals surface area contributed by atoms with E-state index >= 15 is 0 Å². The summed E-state index contributed by atoms with van der Waals surface area (Å²) < 4.78 is 53.0. The highest BCUT2D eigenvalue weighted by atomic mass is 32.2. The molecule has 7 nitrogen and oxygen atoms in total. The highest BCUT2D eigenvalue weighted by Gasteiger charge is 2.27. The summed E-state index contributed by atoms with van der Waals surface area (Å²) in [5, 5.41) is 2.86. The number of anilines is 1. The average Bonchev–Trinajstić information content (AvgIpc) is 2.80.